The van der Waals surface area contributed by atoms with Gasteiger partial charge in [-0.05, 0) is 11.6 Å². The van der Waals surface area contributed by atoms with Crippen molar-refractivity contribution in [3.8, 4) is 0 Å². The molecule has 0 amide bonds. The van der Waals surface area contributed by atoms with E-state index in [9.17, 15) is 10.1 Å². The van der Waals surface area contributed by atoms with Gasteiger partial charge in [0.2, 0.25) is 5.70 Å². The maximum atomic E-state index is 10.5. The topological polar surface area (TPSA) is 71.8 Å². The van der Waals surface area contributed by atoms with Crippen molar-refractivity contribution >= 4 is 17.0 Å². The van der Waals surface area contributed by atoms with Crippen LogP contribution in [0.2, 0.25) is 0 Å². The third kappa shape index (κ3) is 1.71. The fourth-order valence-corrected chi connectivity index (χ4v) is 1.39. The molecular formula is C10H9N3O2. The lowest BCUT2D eigenvalue weighted by Gasteiger charge is -1.95. The van der Waals surface area contributed by atoms with Gasteiger partial charge < -0.3 is 0 Å². The average molecular weight is 203 g/mol. The highest BCUT2D eigenvalue weighted by atomic mass is 16.6. The predicted octanol–water partition coefficient (Wildman–Crippen LogP) is 2.20. The Morgan fingerprint density at radius 3 is 3.13 bits per heavy atom. The molecule has 2 rings (SSSR count). The Bertz CT molecular complexity index is 542. The van der Waals surface area contributed by atoms with Gasteiger partial charge in [-0.25, -0.2) is 0 Å². The van der Waals surface area contributed by atoms with E-state index in [2.05, 4.69) is 10.2 Å². The van der Waals surface area contributed by atoms with Crippen LogP contribution < -0.4 is 0 Å². The van der Waals surface area contributed by atoms with Gasteiger partial charge in [0.05, 0.1) is 16.6 Å². The minimum absolute atomic E-state index is 0.115. The van der Waals surface area contributed by atoms with Gasteiger partial charge in [0.1, 0.15) is 0 Å². The molecule has 0 aliphatic carbocycles. The third-order valence-electron chi connectivity index (χ3n) is 2.17. The quantitative estimate of drug-likeness (QED) is 0.600. The number of benzene rings is 1. The molecular weight excluding hydrogens is 194 g/mol. The van der Waals surface area contributed by atoms with Crippen LogP contribution in [0.15, 0.2) is 30.1 Å². The molecule has 2 aromatic rings. The van der Waals surface area contributed by atoms with E-state index < -0.39 is 4.92 Å². The van der Waals surface area contributed by atoms with Crippen LogP contribution in [-0.4, -0.2) is 15.1 Å². The van der Waals surface area contributed by atoms with E-state index in [0.717, 1.165) is 16.5 Å². The molecule has 0 spiro atoms. The molecule has 0 saturated carbocycles. The Kier molecular flexibility index (Phi) is 2.21. The van der Waals surface area contributed by atoms with Crippen LogP contribution in [-0.2, 0) is 0 Å². The zero-order chi connectivity index (χ0) is 10.8. The van der Waals surface area contributed by atoms with Crippen LogP contribution in [0.5, 0.6) is 0 Å². The minimum Gasteiger partial charge on any atom is -0.278 e. The fraction of sp³-hybridized carbons (Fsp3) is 0.100. The van der Waals surface area contributed by atoms with E-state index >= 15 is 0 Å². The molecule has 1 heterocycles. The molecule has 0 atom stereocenters. The van der Waals surface area contributed by atoms with Crippen LogP contribution >= 0.6 is 0 Å². The third-order valence-corrected chi connectivity index (χ3v) is 2.17. The van der Waals surface area contributed by atoms with Gasteiger partial charge in [0.15, 0.2) is 0 Å². The maximum absolute atomic E-state index is 10.5. The van der Waals surface area contributed by atoms with Crippen molar-refractivity contribution in [1.82, 2.24) is 10.2 Å². The Balaban J connectivity index is 2.57. The first-order valence-corrected chi connectivity index (χ1v) is 4.43. The van der Waals surface area contributed by atoms with E-state index in [0.29, 0.717) is 0 Å². The minimum atomic E-state index is -0.404. The van der Waals surface area contributed by atoms with Gasteiger partial charge in [-0.3, -0.25) is 15.2 Å². The summed E-state index contributed by atoms with van der Waals surface area (Å²) in [6.07, 6.45) is 3.20. The summed E-state index contributed by atoms with van der Waals surface area (Å²) in [7, 11) is 0. The molecule has 0 saturated heterocycles. The number of nitrogens with zero attached hydrogens (tertiary/aromatic N) is 2. The van der Waals surface area contributed by atoms with Crippen LogP contribution in [0.25, 0.3) is 17.0 Å². The Morgan fingerprint density at radius 1 is 1.60 bits per heavy atom. The van der Waals surface area contributed by atoms with Gasteiger partial charge in [-0.15, -0.1) is 0 Å². The number of aromatic amines is 1. The summed E-state index contributed by atoms with van der Waals surface area (Å²) in [5.41, 5.74) is 1.79. The smallest absolute Gasteiger partial charge is 0.243 e. The second-order valence-corrected chi connectivity index (χ2v) is 3.22. The summed E-state index contributed by atoms with van der Waals surface area (Å²) in [5.74, 6) is 0. The first-order chi connectivity index (χ1) is 7.18. The molecule has 15 heavy (non-hydrogen) atoms. The molecule has 5 nitrogen and oxygen atoms in total. The SMILES string of the molecule is CC(=Cc1cccc2[nH]ncc12)[N+](=O)[O-]. The predicted molar refractivity (Wildman–Crippen MR) is 56.7 cm³/mol. The largest absolute Gasteiger partial charge is 0.278 e. The molecule has 0 fully saturated rings. The second-order valence-electron chi connectivity index (χ2n) is 3.22. The number of hydrogen-bond acceptors (Lipinski definition) is 3. The lowest BCUT2D eigenvalue weighted by molar-refractivity contribution is -0.422. The lowest BCUT2D eigenvalue weighted by atomic mass is 10.1. The van der Waals surface area contributed by atoms with Gasteiger partial charge >= 0.3 is 0 Å². The zero-order valence-corrected chi connectivity index (χ0v) is 8.10. The van der Waals surface area contributed by atoms with Crippen molar-refractivity contribution in [2.24, 2.45) is 0 Å². The molecule has 0 aliphatic heterocycles. The van der Waals surface area contributed by atoms with Crippen LogP contribution in [0.3, 0.4) is 0 Å². The number of fused-ring (bicyclic) bond motifs is 1. The maximum Gasteiger partial charge on any atom is 0.243 e. The van der Waals surface area contributed by atoms with E-state index in [-0.39, 0.29) is 5.70 Å². The number of allylic oxidation sites excluding steroid dienone is 1. The summed E-state index contributed by atoms with van der Waals surface area (Å²) >= 11 is 0. The molecule has 1 aromatic carbocycles. The monoisotopic (exact) mass is 203 g/mol. The molecule has 0 bridgehead atoms. The number of H-pyrrole nitrogens is 1. The number of nitro groups is 1. The van der Waals surface area contributed by atoms with E-state index in [4.69, 9.17) is 0 Å². The number of hydrogen-bond donors (Lipinski definition) is 1. The molecule has 1 N–H and O–H groups in total. The van der Waals surface area contributed by atoms with Gasteiger partial charge in [0, 0.05) is 18.4 Å². The molecule has 0 unspecified atom stereocenters. The summed E-state index contributed by atoms with van der Waals surface area (Å²) in [6, 6.07) is 5.53. The Labute approximate surface area is 85.6 Å². The van der Waals surface area contributed by atoms with E-state index in [1.54, 1.807) is 6.20 Å². The molecule has 5 heteroatoms. The standard InChI is InChI=1S/C10H9N3O2/c1-7(13(14)15)5-8-3-2-4-10-9(8)6-11-12-10/h2-6H,1H3,(H,11,12). The van der Waals surface area contributed by atoms with Crippen LogP contribution in [0, 0.1) is 10.1 Å². The van der Waals surface area contributed by atoms with Crippen molar-refractivity contribution in [3.63, 3.8) is 0 Å². The Morgan fingerprint density at radius 2 is 2.40 bits per heavy atom. The van der Waals surface area contributed by atoms with Gasteiger partial charge in [-0.2, -0.15) is 5.10 Å². The van der Waals surface area contributed by atoms with Crippen molar-refractivity contribution in [3.05, 3.63) is 45.8 Å². The number of rotatable bonds is 2. The van der Waals surface area contributed by atoms with Crippen molar-refractivity contribution in [2.45, 2.75) is 6.92 Å². The first kappa shape index (κ1) is 9.39. The van der Waals surface area contributed by atoms with E-state index in [1.807, 2.05) is 18.2 Å². The highest BCUT2D eigenvalue weighted by Crippen LogP contribution is 2.18. The summed E-state index contributed by atoms with van der Waals surface area (Å²) in [4.78, 5) is 10.1. The average Bonchev–Trinajstić information content (AvgIpc) is 2.66. The second kappa shape index (κ2) is 3.53. The highest BCUT2D eigenvalue weighted by Gasteiger charge is 2.05. The summed E-state index contributed by atoms with van der Waals surface area (Å²) in [5, 5.41) is 18.1. The van der Waals surface area contributed by atoms with Gasteiger partial charge in [0.25, 0.3) is 0 Å². The molecule has 76 valence electrons. The Hall–Kier alpha value is -2.17. The molecule has 0 aliphatic rings. The van der Waals surface area contributed by atoms with E-state index in [1.165, 1.54) is 13.0 Å². The molecule has 0 radical (unpaired) electrons. The summed E-state index contributed by atoms with van der Waals surface area (Å²) < 4.78 is 0. The first-order valence-electron chi connectivity index (χ1n) is 4.43. The van der Waals surface area contributed by atoms with Gasteiger partial charge in [-0.1, -0.05) is 12.1 Å². The normalized spacial score (nSPS) is 11.9. The van der Waals surface area contributed by atoms with Crippen molar-refractivity contribution in [1.29, 1.82) is 0 Å². The van der Waals surface area contributed by atoms with Crippen molar-refractivity contribution < 1.29 is 4.92 Å². The zero-order valence-electron chi connectivity index (χ0n) is 8.10. The number of aromatic nitrogens is 2. The molecule has 1 aromatic heterocycles. The van der Waals surface area contributed by atoms with Crippen LogP contribution in [0.1, 0.15) is 12.5 Å². The fourth-order valence-electron chi connectivity index (χ4n) is 1.39. The summed E-state index contributed by atoms with van der Waals surface area (Å²) in [6.45, 7) is 1.47. The number of nitrogens with one attached hydrogen (secondary N) is 1. The van der Waals surface area contributed by atoms with Crippen molar-refractivity contribution in [2.75, 3.05) is 0 Å². The lowest BCUT2D eigenvalue weighted by Crippen LogP contribution is -1.92. The van der Waals surface area contributed by atoms with Crippen LogP contribution in [0.4, 0.5) is 0 Å². The highest BCUT2D eigenvalue weighted by molar-refractivity contribution is 5.87.